The van der Waals surface area contributed by atoms with Crippen LogP contribution in [0.25, 0.3) is 147 Å². The van der Waals surface area contributed by atoms with Gasteiger partial charge in [0.05, 0.1) is 44.0 Å². The molecule has 0 saturated carbocycles. The molecule has 0 atom stereocenters. The largest absolute Gasteiger partial charge is 0.455 e. The molecule has 0 aliphatic carbocycles. The van der Waals surface area contributed by atoms with Gasteiger partial charge in [0, 0.05) is 39.2 Å². The molecule has 0 N–H and O–H groups in total. The van der Waals surface area contributed by atoms with Crippen LogP contribution in [0.5, 0.6) is 0 Å². The summed E-state index contributed by atoms with van der Waals surface area (Å²) in [5.41, 5.74) is 20.5. The van der Waals surface area contributed by atoms with Crippen LogP contribution >= 0.6 is 0 Å². The number of halogens is 2. The first kappa shape index (κ1) is 54.7. The van der Waals surface area contributed by atoms with E-state index < -0.39 is 0 Å². The lowest BCUT2D eigenvalue weighted by molar-refractivity contribution is 0.629. The molecule has 0 amide bonds. The van der Waals surface area contributed by atoms with Crippen molar-refractivity contribution in [2.24, 2.45) is 0 Å². The van der Waals surface area contributed by atoms with E-state index in [2.05, 4.69) is 254 Å². The summed E-state index contributed by atoms with van der Waals surface area (Å²) < 4.78 is 47.7. The maximum Gasteiger partial charge on any atom is 0.147 e. The molecular weight excluding hydrogens is 1170 g/mol. The third-order valence-electron chi connectivity index (χ3n) is 20.0. The van der Waals surface area contributed by atoms with Gasteiger partial charge in [-0.05, 0) is 235 Å². The number of benzene rings is 16. The fourth-order valence-corrected chi connectivity index (χ4v) is 15.8. The predicted octanol–water partition coefficient (Wildman–Crippen LogP) is 25.6. The number of fused-ring (bicyclic) bond motifs is 13. The molecule has 0 spiro atoms. The molecule has 95 heavy (non-hydrogen) atoms. The van der Waals surface area contributed by atoms with Gasteiger partial charge < -0.3 is 23.2 Å². The smallest absolute Gasteiger partial charge is 0.147 e. The highest BCUT2D eigenvalue weighted by Gasteiger charge is 2.32. The summed E-state index contributed by atoms with van der Waals surface area (Å²) in [5, 5.41) is 16.0. The van der Waals surface area contributed by atoms with Gasteiger partial charge in [-0.1, -0.05) is 164 Å². The van der Waals surface area contributed by atoms with E-state index in [0.717, 1.165) is 138 Å². The standard InChI is InChI=1S/C88H57F2N3O2/c1-50-12-9-13-51(2)79(50)56-28-36-66(37-29-56)91(68-40-32-58-42-64(89)34-26-60(58)44-68)73-48-75-85(87-83(73)71-18-5-7-20-77(71)94-87)86-76(93(75)70-46-62-24-22-54-16-11-17-55-23-25-63(47-70)82(62)81(54)55)49-74(84-72-19-6-8-21-78(72)95-88(84)86)92(69-41-33-59-43-65(90)35-27-61(59)45-69)67-38-30-57(31-39-67)80-52(3)14-10-15-53(80)4/h5-49H,1-4H3. The van der Waals surface area contributed by atoms with Crippen molar-refractivity contribution >= 4 is 154 Å². The van der Waals surface area contributed by atoms with Crippen LogP contribution < -0.4 is 9.80 Å². The maximum atomic E-state index is 15.1. The van der Waals surface area contributed by atoms with Crippen LogP contribution in [0.2, 0.25) is 0 Å². The molecule has 7 heteroatoms. The zero-order chi connectivity index (χ0) is 63.5. The molecule has 19 rings (SSSR count). The Bertz CT molecular complexity index is 6010. The Balaban J connectivity index is 0.974. The molecule has 0 saturated heterocycles. The van der Waals surface area contributed by atoms with E-state index in [0.29, 0.717) is 11.2 Å². The van der Waals surface area contributed by atoms with E-state index >= 15 is 8.78 Å². The van der Waals surface area contributed by atoms with Crippen molar-refractivity contribution in [2.45, 2.75) is 27.7 Å². The van der Waals surface area contributed by atoms with Crippen LogP contribution in [0.15, 0.2) is 282 Å². The molecule has 0 unspecified atom stereocenters. The molecular formula is C88H57F2N3O2. The minimum Gasteiger partial charge on any atom is -0.455 e. The second kappa shape index (κ2) is 20.7. The number of hydrogen-bond donors (Lipinski definition) is 0. The fraction of sp³-hybridized carbons (Fsp3) is 0.0455. The van der Waals surface area contributed by atoms with E-state index in [1.807, 2.05) is 36.4 Å². The first-order chi connectivity index (χ1) is 46.5. The lowest BCUT2D eigenvalue weighted by atomic mass is 9.94. The van der Waals surface area contributed by atoms with E-state index in [-0.39, 0.29) is 11.6 Å². The third-order valence-corrected chi connectivity index (χ3v) is 20.0. The van der Waals surface area contributed by atoms with Gasteiger partial charge in [0.15, 0.2) is 0 Å². The molecule has 16 aromatic carbocycles. The highest BCUT2D eigenvalue weighted by Crippen LogP contribution is 2.55. The predicted molar refractivity (Wildman–Crippen MR) is 393 cm³/mol. The van der Waals surface area contributed by atoms with Gasteiger partial charge in [0.2, 0.25) is 0 Å². The van der Waals surface area contributed by atoms with Crippen molar-refractivity contribution in [1.82, 2.24) is 4.57 Å². The summed E-state index contributed by atoms with van der Waals surface area (Å²) >= 11 is 0. The average Bonchev–Trinajstić information content (AvgIpc) is 1.52. The molecule has 19 aromatic rings. The Kier molecular flexibility index (Phi) is 11.9. The van der Waals surface area contributed by atoms with Gasteiger partial charge in [0.1, 0.15) is 34.0 Å². The third kappa shape index (κ3) is 8.38. The first-order valence-corrected chi connectivity index (χ1v) is 32.3. The summed E-state index contributed by atoms with van der Waals surface area (Å²) in [7, 11) is 0. The van der Waals surface area contributed by atoms with Crippen molar-refractivity contribution in [1.29, 1.82) is 0 Å². The first-order valence-electron chi connectivity index (χ1n) is 32.3. The minimum atomic E-state index is -0.286. The van der Waals surface area contributed by atoms with Crippen LogP contribution in [0.1, 0.15) is 22.3 Å². The number of aryl methyl sites for hydroxylation is 4. The molecule has 3 heterocycles. The Morgan fingerprint density at radius 1 is 0.295 bits per heavy atom. The topological polar surface area (TPSA) is 37.7 Å². The highest BCUT2D eigenvalue weighted by molar-refractivity contribution is 6.35. The number of rotatable bonds is 9. The number of anilines is 6. The molecule has 0 aliphatic rings. The maximum absolute atomic E-state index is 15.1. The zero-order valence-electron chi connectivity index (χ0n) is 52.4. The second-order valence-electron chi connectivity index (χ2n) is 25.6. The van der Waals surface area contributed by atoms with Crippen molar-refractivity contribution in [2.75, 3.05) is 9.80 Å². The van der Waals surface area contributed by atoms with Crippen molar-refractivity contribution < 1.29 is 17.6 Å². The van der Waals surface area contributed by atoms with Crippen LogP contribution in [-0.2, 0) is 0 Å². The molecule has 0 fully saturated rings. The van der Waals surface area contributed by atoms with Crippen LogP contribution in [0.4, 0.5) is 42.9 Å². The SMILES string of the molecule is Cc1cccc(C)c1-c1ccc(N(c2ccc3cc(F)ccc3c2)c2cc3c(c4oc5ccccc5c24)c2c4oc5ccccc5c4c(N(c4ccc(-c5c(C)cccc5C)cc4)c4ccc5cc(F)ccc5c4)cc2n3-c2cc3ccc4cccc5ccc(c2)c3c45)cc1. The summed E-state index contributed by atoms with van der Waals surface area (Å²) in [6.45, 7) is 8.69. The van der Waals surface area contributed by atoms with E-state index in [1.54, 1.807) is 12.1 Å². The monoisotopic (exact) mass is 1230 g/mol. The van der Waals surface area contributed by atoms with E-state index in [4.69, 9.17) is 8.83 Å². The number of furan rings is 2. The van der Waals surface area contributed by atoms with Gasteiger partial charge in [-0.3, -0.25) is 0 Å². The average molecular weight is 1230 g/mol. The molecule has 0 radical (unpaired) electrons. The zero-order valence-corrected chi connectivity index (χ0v) is 52.4. The van der Waals surface area contributed by atoms with Gasteiger partial charge >= 0.3 is 0 Å². The van der Waals surface area contributed by atoms with Crippen molar-refractivity contribution in [3.8, 4) is 27.9 Å². The van der Waals surface area contributed by atoms with Crippen molar-refractivity contribution in [3.05, 3.63) is 307 Å². The Morgan fingerprint density at radius 3 is 1.12 bits per heavy atom. The normalized spacial score (nSPS) is 12.1. The van der Waals surface area contributed by atoms with Crippen LogP contribution in [0.3, 0.4) is 0 Å². The Labute approximate surface area is 545 Å². The summed E-state index contributed by atoms with van der Waals surface area (Å²) in [6, 6.07) is 95.0. The second-order valence-corrected chi connectivity index (χ2v) is 25.6. The quantitative estimate of drug-likeness (QED) is 0.135. The molecule has 5 nitrogen and oxygen atoms in total. The molecule has 3 aromatic heterocycles. The van der Waals surface area contributed by atoms with Crippen LogP contribution in [-0.4, -0.2) is 4.57 Å². The number of hydrogen-bond acceptors (Lipinski definition) is 4. The lowest BCUT2D eigenvalue weighted by Crippen LogP contribution is -2.11. The summed E-state index contributed by atoms with van der Waals surface area (Å²) in [5.74, 6) is -0.572. The number of nitrogens with zero attached hydrogens (tertiary/aromatic N) is 3. The van der Waals surface area contributed by atoms with Gasteiger partial charge in [0.25, 0.3) is 0 Å². The van der Waals surface area contributed by atoms with Crippen LogP contribution in [0, 0.1) is 39.3 Å². The van der Waals surface area contributed by atoms with Gasteiger partial charge in [-0.2, -0.15) is 0 Å². The van der Waals surface area contributed by atoms with E-state index in [9.17, 15) is 0 Å². The molecule has 0 aliphatic heterocycles. The Morgan fingerprint density at radius 2 is 0.663 bits per heavy atom. The highest BCUT2D eigenvalue weighted by atomic mass is 19.1. The van der Waals surface area contributed by atoms with Crippen molar-refractivity contribution in [3.63, 3.8) is 0 Å². The minimum absolute atomic E-state index is 0.286. The lowest BCUT2D eigenvalue weighted by Gasteiger charge is -2.27. The van der Waals surface area contributed by atoms with Gasteiger partial charge in [-0.25, -0.2) is 8.78 Å². The van der Waals surface area contributed by atoms with Gasteiger partial charge in [-0.15, -0.1) is 0 Å². The fourth-order valence-electron chi connectivity index (χ4n) is 15.8. The molecule has 450 valence electrons. The molecule has 0 bridgehead atoms. The summed E-state index contributed by atoms with van der Waals surface area (Å²) in [4.78, 5) is 4.70. The summed E-state index contributed by atoms with van der Waals surface area (Å²) in [6.07, 6.45) is 0. The number of aromatic nitrogens is 1. The van der Waals surface area contributed by atoms with E-state index in [1.165, 1.54) is 67.1 Å². The number of para-hydroxylation sites is 2. The Hall–Kier alpha value is -12.1.